The van der Waals surface area contributed by atoms with Crippen LogP contribution in [0.25, 0.3) is 0 Å². The minimum Gasteiger partial charge on any atom is -0.396 e. The highest BCUT2D eigenvalue weighted by Gasteiger charge is 2.18. The number of thiophene rings is 1. The van der Waals surface area contributed by atoms with Gasteiger partial charge in [0.05, 0.1) is 5.69 Å². The maximum atomic E-state index is 12.1. The molecule has 2 aromatic heterocycles. The lowest BCUT2D eigenvalue weighted by atomic mass is 10.3. The molecule has 0 aliphatic heterocycles. The predicted molar refractivity (Wildman–Crippen MR) is 72.6 cm³/mol. The molecule has 0 saturated carbocycles. The molecule has 2 heterocycles. The van der Waals surface area contributed by atoms with E-state index >= 15 is 0 Å². The van der Waals surface area contributed by atoms with E-state index in [0.717, 1.165) is 6.42 Å². The largest absolute Gasteiger partial charge is 0.396 e. The molecule has 0 aromatic carbocycles. The zero-order valence-electron chi connectivity index (χ0n) is 10.5. The summed E-state index contributed by atoms with van der Waals surface area (Å²) in [6, 6.07) is 4.08. The second-order valence-electron chi connectivity index (χ2n) is 4.16. The highest BCUT2D eigenvalue weighted by Crippen LogP contribution is 2.13. The average Bonchev–Trinajstić information content (AvgIpc) is 2.94. The average molecular weight is 264 g/mol. The van der Waals surface area contributed by atoms with E-state index in [9.17, 15) is 4.79 Å². The lowest BCUT2D eigenvalue weighted by molar-refractivity contribution is 0.0791. The number of amides is 1. The fraction of sp³-hybridized carbons (Fsp3) is 0.333. The molecule has 2 N–H and O–H groups in total. The number of nitrogen functional groups attached to an aromatic ring is 1. The van der Waals surface area contributed by atoms with Crippen LogP contribution in [0.15, 0.2) is 23.7 Å². The number of carbonyl (C=O) groups excluding carboxylic acids is 1. The van der Waals surface area contributed by atoms with Gasteiger partial charge in [0.2, 0.25) is 0 Å². The van der Waals surface area contributed by atoms with Gasteiger partial charge < -0.3 is 10.6 Å². The first kappa shape index (κ1) is 12.6. The monoisotopic (exact) mass is 264 g/mol. The first-order valence-electron chi connectivity index (χ1n) is 5.65. The van der Waals surface area contributed by atoms with Crippen molar-refractivity contribution in [3.8, 4) is 0 Å². The fourth-order valence-corrected chi connectivity index (χ4v) is 2.39. The Morgan fingerprint density at radius 3 is 2.94 bits per heavy atom. The molecule has 0 atom stereocenters. The van der Waals surface area contributed by atoms with E-state index in [2.05, 4.69) is 11.2 Å². The molecule has 0 aliphatic carbocycles. The number of nitrogens with two attached hydrogens (primary N) is 1. The molecule has 0 unspecified atom stereocenters. The van der Waals surface area contributed by atoms with E-state index in [1.807, 2.05) is 11.4 Å². The Morgan fingerprint density at radius 1 is 1.61 bits per heavy atom. The number of carbonyl (C=O) groups is 1. The van der Waals surface area contributed by atoms with Crippen LogP contribution in [-0.4, -0.2) is 34.2 Å². The van der Waals surface area contributed by atoms with Gasteiger partial charge in [-0.05, 0) is 17.9 Å². The van der Waals surface area contributed by atoms with Gasteiger partial charge in [0.1, 0.15) is 0 Å². The summed E-state index contributed by atoms with van der Waals surface area (Å²) >= 11 is 1.70. The van der Waals surface area contributed by atoms with Crippen molar-refractivity contribution in [3.05, 3.63) is 34.3 Å². The highest BCUT2D eigenvalue weighted by molar-refractivity contribution is 7.09. The van der Waals surface area contributed by atoms with E-state index in [4.69, 9.17) is 5.73 Å². The summed E-state index contributed by atoms with van der Waals surface area (Å²) in [6.45, 7) is 0.662. The Labute approximate surface area is 110 Å². The Balaban J connectivity index is 1.98. The van der Waals surface area contributed by atoms with Crippen LogP contribution in [0.5, 0.6) is 0 Å². The number of aromatic nitrogens is 2. The summed E-state index contributed by atoms with van der Waals surface area (Å²) < 4.78 is 1.55. The molecule has 1 amide bonds. The van der Waals surface area contributed by atoms with E-state index < -0.39 is 0 Å². The topological polar surface area (TPSA) is 64.2 Å². The van der Waals surface area contributed by atoms with Crippen LogP contribution in [0.1, 0.15) is 15.4 Å². The first-order valence-corrected chi connectivity index (χ1v) is 6.53. The number of rotatable bonds is 4. The second-order valence-corrected chi connectivity index (χ2v) is 5.20. The van der Waals surface area contributed by atoms with Crippen molar-refractivity contribution in [2.24, 2.45) is 7.05 Å². The number of hydrogen-bond acceptors (Lipinski definition) is 4. The third kappa shape index (κ3) is 2.70. The summed E-state index contributed by atoms with van der Waals surface area (Å²) in [5, 5.41) is 6.11. The Kier molecular flexibility index (Phi) is 3.66. The Morgan fingerprint density at radius 2 is 2.39 bits per heavy atom. The fourth-order valence-electron chi connectivity index (χ4n) is 1.69. The normalized spacial score (nSPS) is 10.6. The number of aryl methyl sites for hydroxylation is 1. The first-order chi connectivity index (χ1) is 8.58. The van der Waals surface area contributed by atoms with Gasteiger partial charge in [0.25, 0.3) is 5.91 Å². The van der Waals surface area contributed by atoms with Gasteiger partial charge in [-0.2, -0.15) is 5.10 Å². The van der Waals surface area contributed by atoms with E-state index in [-0.39, 0.29) is 5.91 Å². The van der Waals surface area contributed by atoms with Crippen LogP contribution < -0.4 is 5.73 Å². The summed E-state index contributed by atoms with van der Waals surface area (Å²) in [6.07, 6.45) is 2.49. The van der Waals surface area contributed by atoms with Crippen molar-refractivity contribution < 1.29 is 4.79 Å². The maximum Gasteiger partial charge on any atom is 0.276 e. The van der Waals surface area contributed by atoms with Crippen LogP contribution in [0.2, 0.25) is 0 Å². The number of hydrogen-bond donors (Lipinski definition) is 1. The molecule has 18 heavy (non-hydrogen) atoms. The van der Waals surface area contributed by atoms with Gasteiger partial charge in [-0.3, -0.25) is 9.48 Å². The van der Waals surface area contributed by atoms with Crippen molar-refractivity contribution in [1.29, 1.82) is 0 Å². The SMILES string of the molecule is CN(CCc1cccs1)C(=O)c1nn(C)cc1N. The Hall–Kier alpha value is -1.82. The Bertz CT molecular complexity index is 532. The zero-order valence-corrected chi connectivity index (χ0v) is 11.3. The molecule has 2 aromatic rings. The summed E-state index contributed by atoms with van der Waals surface area (Å²) in [5.41, 5.74) is 6.49. The number of anilines is 1. The van der Waals surface area contributed by atoms with Gasteiger partial charge in [0.15, 0.2) is 5.69 Å². The smallest absolute Gasteiger partial charge is 0.276 e. The minimum atomic E-state index is -0.135. The molecule has 0 spiro atoms. The second kappa shape index (κ2) is 5.22. The summed E-state index contributed by atoms with van der Waals surface area (Å²) in [7, 11) is 3.52. The van der Waals surface area contributed by atoms with Crippen molar-refractivity contribution >= 4 is 22.9 Å². The third-order valence-corrected chi connectivity index (χ3v) is 3.62. The quantitative estimate of drug-likeness (QED) is 0.907. The summed E-state index contributed by atoms with van der Waals surface area (Å²) in [5.74, 6) is -0.135. The summed E-state index contributed by atoms with van der Waals surface area (Å²) in [4.78, 5) is 15.0. The van der Waals surface area contributed by atoms with Crippen LogP contribution in [0, 0.1) is 0 Å². The molecule has 2 rings (SSSR count). The van der Waals surface area contributed by atoms with Crippen LogP contribution in [0.4, 0.5) is 5.69 Å². The minimum absolute atomic E-state index is 0.135. The van der Waals surface area contributed by atoms with Gasteiger partial charge in [0, 0.05) is 31.7 Å². The van der Waals surface area contributed by atoms with Crippen LogP contribution in [-0.2, 0) is 13.5 Å². The standard InChI is InChI=1S/C12H16N4OS/c1-15(6-5-9-4-3-7-18-9)12(17)11-10(13)8-16(2)14-11/h3-4,7-8H,5-6,13H2,1-2H3. The van der Waals surface area contributed by atoms with E-state index in [1.54, 1.807) is 41.2 Å². The van der Waals surface area contributed by atoms with Crippen molar-refractivity contribution in [3.63, 3.8) is 0 Å². The number of likely N-dealkylation sites (N-methyl/N-ethyl adjacent to an activating group) is 1. The molecule has 6 heteroatoms. The molecule has 5 nitrogen and oxygen atoms in total. The van der Waals surface area contributed by atoms with Gasteiger partial charge in [-0.15, -0.1) is 11.3 Å². The van der Waals surface area contributed by atoms with E-state index in [0.29, 0.717) is 17.9 Å². The van der Waals surface area contributed by atoms with Gasteiger partial charge in [-0.25, -0.2) is 0 Å². The predicted octanol–water partition coefficient (Wildman–Crippen LogP) is 1.38. The van der Waals surface area contributed by atoms with Crippen molar-refractivity contribution in [2.75, 3.05) is 19.3 Å². The van der Waals surface area contributed by atoms with Crippen molar-refractivity contribution in [1.82, 2.24) is 14.7 Å². The van der Waals surface area contributed by atoms with E-state index in [1.165, 1.54) is 4.88 Å². The lowest BCUT2D eigenvalue weighted by Gasteiger charge is -2.15. The third-order valence-electron chi connectivity index (χ3n) is 2.68. The highest BCUT2D eigenvalue weighted by atomic mass is 32.1. The van der Waals surface area contributed by atoms with Crippen LogP contribution >= 0.6 is 11.3 Å². The zero-order chi connectivity index (χ0) is 13.1. The molecule has 0 saturated heterocycles. The molecular formula is C12H16N4OS. The maximum absolute atomic E-state index is 12.1. The van der Waals surface area contributed by atoms with Gasteiger partial charge >= 0.3 is 0 Å². The molecule has 0 aliphatic rings. The molecule has 0 fully saturated rings. The molecule has 96 valence electrons. The van der Waals surface area contributed by atoms with Crippen molar-refractivity contribution in [2.45, 2.75) is 6.42 Å². The number of nitrogens with zero attached hydrogens (tertiary/aromatic N) is 3. The lowest BCUT2D eigenvalue weighted by Crippen LogP contribution is -2.29. The molecule has 0 radical (unpaired) electrons. The van der Waals surface area contributed by atoms with Crippen LogP contribution in [0.3, 0.4) is 0 Å². The molecule has 0 bridgehead atoms. The molecular weight excluding hydrogens is 248 g/mol. The van der Waals surface area contributed by atoms with Gasteiger partial charge in [-0.1, -0.05) is 6.07 Å².